The molecule has 2 rings (SSSR count). The third kappa shape index (κ3) is 2.44. The molecule has 0 saturated carbocycles. The topological polar surface area (TPSA) is 59.9 Å². The van der Waals surface area contributed by atoms with Crippen molar-refractivity contribution in [3.63, 3.8) is 0 Å². The lowest BCUT2D eigenvalue weighted by Crippen LogP contribution is -1.93. The summed E-state index contributed by atoms with van der Waals surface area (Å²) in [6.45, 7) is 0. The highest BCUT2D eigenvalue weighted by molar-refractivity contribution is 9.47. The third-order valence-corrected chi connectivity index (χ3v) is 5.41. The van der Waals surface area contributed by atoms with Gasteiger partial charge in [0.15, 0.2) is 0 Å². The van der Waals surface area contributed by atoms with E-state index in [1.165, 1.54) is 12.1 Å². The summed E-state index contributed by atoms with van der Waals surface area (Å²) in [4.78, 5) is 8.52. The monoisotopic (exact) mass is 428 g/mol. The van der Waals surface area contributed by atoms with Crippen molar-refractivity contribution >= 4 is 66.0 Å². The average molecular weight is 431 g/mol. The molecular formula is C8H3Br3N2O2S. The Kier molecular flexibility index (Phi) is 3.35. The Labute approximate surface area is 116 Å². The lowest BCUT2D eigenvalue weighted by molar-refractivity contribution is 0.611. The largest absolute Gasteiger partial charge is 0.237 e. The number of hydrogen-bond donors (Lipinski definition) is 0. The van der Waals surface area contributed by atoms with E-state index in [2.05, 4.69) is 56.6 Å². The minimum absolute atomic E-state index is 0.156. The van der Waals surface area contributed by atoms with Gasteiger partial charge in [0.25, 0.3) is 0 Å². The first-order valence-corrected chi connectivity index (χ1v) is 8.86. The number of nitrogens with zero attached hydrogens (tertiary/aromatic N) is 2. The molecule has 2 aromatic rings. The van der Waals surface area contributed by atoms with E-state index >= 15 is 0 Å². The van der Waals surface area contributed by atoms with Gasteiger partial charge in [-0.25, -0.2) is 18.4 Å². The lowest BCUT2D eigenvalue weighted by Gasteiger charge is -2.01. The molecule has 0 aliphatic carbocycles. The Morgan fingerprint density at radius 1 is 1.00 bits per heavy atom. The van der Waals surface area contributed by atoms with Crippen molar-refractivity contribution in [1.82, 2.24) is 9.97 Å². The molecule has 0 aliphatic rings. The highest BCUT2D eigenvalue weighted by Crippen LogP contribution is 2.25. The minimum atomic E-state index is -3.40. The summed E-state index contributed by atoms with van der Waals surface area (Å²) in [7, 11) is -3.40. The fourth-order valence-electron chi connectivity index (χ4n) is 1.14. The molecule has 0 spiro atoms. The maximum atomic E-state index is 11.3. The van der Waals surface area contributed by atoms with Crippen LogP contribution < -0.4 is 0 Å². The highest BCUT2D eigenvalue weighted by Gasteiger charge is 2.11. The van der Waals surface area contributed by atoms with E-state index in [1.807, 2.05) is 0 Å². The molecule has 84 valence electrons. The Bertz CT molecular complexity index is 672. The van der Waals surface area contributed by atoms with Gasteiger partial charge in [-0.2, -0.15) is 0 Å². The maximum Gasteiger partial charge on any atom is 0.237 e. The third-order valence-electron chi connectivity index (χ3n) is 1.84. The summed E-state index contributed by atoms with van der Waals surface area (Å²) in [5.41, 5.74) is 1.13. The van der Waals surface area contributed by atoms with Gasteiger partial charge in [-0.1, -0.05) is 0 Å². The van der Waals surface area contributed by atoms with Crippen LogP contribution in [-0.2, 0) is 8.27 Å². The van der Waals surface area contributed by atoms with Crippen molar-refractivity contribution in [1.29, 1.82) is 0 Å². The first-order valence-electron chi connectivity index (χ1n) is 3.95. The number of rotatable bonds is 1. The second kappa shape index (κ2) is 4.32. The van der Waals surface area contributed by atoms with Gasteiger partial charge in [0.2, 0.25) is 8.27 Å². The van der Waals surface area contributed by atoms with Gasteiger partial charge in [0, 0.05) is 0 Å². The molecule has 0 fully saturated rings. The van der Waals surface area contributed by atoms with Gasteiger partial charge in [0.1, 0.15) is 9.21 Å². The van der Waals surface area contributed by atoms with Crippen molar-refractivity contribution in [2.45, 2.75) is 4.90 Å². The normalized spacial score (nSPS) is 11.9. The van der Waals surface area contributed by atoms with E-state index in [4.69, 9.17) is 0 Å². The van der Waals surface area contributed by atoms with E-state index in [0.717, 1.165) is 0 Å². The summed E-state index contributed by atoms with van der Waals surface area (Å²) < 4.78 is 23.7. The molecule has 0 atom stereocenters. The molecule has 1 aromatic carbocycles. The fraction of sp³-hybridized carbons (Fsp3) is 0. The van der Waals surface area contributed by atoms with Crippen LogP contribution in [0.5, 0.6) is 0 Å². The van der Waals surface area contributed by atoms with Crippen molar-refractivity contribution in [3.8, 4) is 0 Å². The predicted octanol–water partition coefficient (Wildman–Crippen LogP) is 3.24. The Hall–Kier alpha value is -0.0500. The number of hydrogen-bond acceptors (Lipinski definition) is 4. The summed E-state index contributed by atoms with van der Waals surface area (Å²) >= 11 is 9.04. The number of halogens is 3. The number of benzene rings is 1. The quantitative estimate of drug-likeness (QED) is 0.652. The van der Waals surface area contributed by atoms with Crippen LogP contribution in [0.1, 0.15) is 0 Å². The van der Waals surface area contributed by atoms with Crippen molar-refractivity contribution < 1.29 is 8.42 Å². The summed E-state index contributed by atoms with van der Waals surface area (Å²) in [6.07, 6.45) is 0. The molecule has 0 amide bonds. The van der Waals surface area contributed by atoms with Gasteiger partial charge in [-0.15, -0.1) is 0 Å². The molecular weight excluding hydrogens is 428 g/mol. The van der Waals surface area contributed by atoms with Crippen molar-refractivity contribution in [2.24, 2.45) is 0 Å². The van der Waals surface area contributed by atoms with Crippen molar-refractivity contribution in [2.75, 3.05) is 0 Å². The standard InChI is InChI=1S/C8H3Br3N2O2S/c9-7-8(10)13-6-3-4(16(11,14)15)1-2-5(6)12-7/h1-3H. The first kappa shape index (κ1) is 12.4. The van der Waals surface area contributed by atoms with Gasteiger partial charge < -0.3 is 0 Å². The van der Waals surface area contributed by atoms with Gasteiger partial charge >= 0.3 is 0 Å². The van der Waals surface area contributed by atoms with Crippen LogP contribution in [0.3, 0.4) is 0 Å². The SMILES string of the molecule is O=S(=O)(Br)c1ccc2nc(Br)c(Br)nc2c1. The molecule has 0 radical (unpaired) electrons. The Balaban J connectivity index is 2.77. The molecule has 0 unspecified atom stereocenters. The van der Waals surface area contributed by atoms with Gasteiger partial charge in [-0.3, -0.25) is 0 Å². The number of aromatic nitrogens is 2. The van der Waals surface area contributed by atoms with Crippen LogP contribution in [0.25, 0.3) is 11.0 Å². The lowest BCUT2D eigenvalue weighted by atomic mass is 10.3. The molecule has 0 aliphatic heterocycles. The Morgan fingerprint density at radius 2 is 1.56 bits per heavy atom. The average Bonchev–Trinajstić information content (AvgIpc) is 2.17. The zero-order valence-electron chi connectivity index (χ0n) is 7.49. The molecule has 4 nitrogen and oxygen atoms in total. The van der Waals surface area contributed by atoms with Crippen molar-refractivity contribution in [3.05, 3.63) is 27.4 Å². The van der Waals surface area contributed by atoms with E-state index in [1.54, 1.807) is 6.07 Å². The van der Waals surface area contributed by atoms with Crippen LogP contribution in [-0.4, -0.2) is 18.4 Å². The molecule has 0 saturated heterocycles. The zero-order chi connectivity index (χ0) is 11.9. The summed E-state index contributed by atoms with van der Waals surface area (Å²) in [6, 6.07) is 4.54. The molecule has 8 heteroatoms. The predicted molar refractivity (Wildman–Crippen MR) is 71.1 cm³/mol. The van der Waals surface area contributed by atoms with E-state index in [-0.39, 0.29) is 4.90 Å². The van der Waals surface area contributed by atoms with Gasteiger partial charge in [0.05, 0.1) is 30.7 Å². The Morgan fingerprint density at radius 3 is 2.12 bits per heavy atom. The van der Waals surface area contributed by atoms with Crippen LogP contribution in [0, 0.1) is 0 Å². The van der Waals surface area contributed by atoms with Crippen LogP contribution in [0.15, 0.2) is 32.3 Å². The number of fused-ring (bicyclic) bond motifs is 1. The summed E-state index contributed by atoms with van der Waals surface area (Å²) in [5, 5.41) is 0. The van der Waals surface area contributed by atoms with E-state index in [0.29, 0.717) is 20.2 Å². The highest BCUT2D eigenvalue weighted by atomic mass is 79.9. The molecule has 0 bridgehead atoms. The minimum Gasteiger partial charge on any atom is -0.236 e. The van der Waals surface area contributed by atoms with Crippen LogP contribution in [0.4, 0.5) is 0 Å². The molecule has 0 N–H and O–H groups in total. The maximum absolute atomic E-state index is 11.3. The van der Waals surface area contributed by atoms with Gasteiger partial charge in [-0.05, 0) is 50.1 Å². The zero-order valence-corrected chi connectivity index (χ0v) is 13.1. The smallest absolute Gasteiger partial charge is 0.236 e. The van der Waals surface area contributed by atoms with E-state index in [9.17, 15) is 8.42 Å². The molecule has 1 heterocycles. The molecule has 16 heavy (non-hydrogen) atoms. The summed E-state index contributed by atoms with van der Waals surface area (Å²) in [5.74, 6) is 0. The van der Waals surface area contributed by atoms with Crippen LogP contribution >= 0.6 is 46.7 Å². The fourth-order valence-corrected chi connectivity index (χ4v) is 2.79. The second-order valence-electron chi connectivity index (χ2n) is 2.89. The van der Waals surface area contributed by atoms with E-state index < -0.39 is 8.27 Å². The molecule has 1 aromatic heterocycles. The first-order chi connectivity index (χ1) is 7.38. The second-order valence-corrected chi connectivity index (χ2v) is 8.30. The van der Waals surface area contributed by atoms with Crippen LogP contribution in [0.2, 0.25) is 0 Å².